The molecule has 7 nitrogen and oxygen atoms in total. The number of benzene rings is 2. The highest BCUT2D eigenvalue weighted by atomic mass is 35.5. The fourth-order valence-electron chi connectivity index (χ4n) is 6.98. The molecule has 3 aliphatic heterocycles. The van der Waals surface area contributed by atoms with Crippen molar-refractivity contribution in [1.29, 1.82) is 0 Å². The normalized spacial score (nSPS) is 20.7. The number of piperazine rings is 1. The smallest absolute Gasteiger partial charge is 0.350 e. The van der Waals surface area contributed by atoms with Crippen LogP contribution in [0.25, 0.3) is 22.0 Å². The van der Waals surface area contributed by atoms with Gasteiger partial charge >= 0.3 is 5.69 Å². The summed E-state index contributed by atoms with van der Waals surface area (Å²) >= 11 is 8.38. The van der Waals surface area contributed by atoms with E-state index in [1.54, 1.807) is 20.4 Å². The largest absolute Gasteiger partial charge is 0.350 e. The fraction of sp³-hybridized carbons (Fsp3) is 0.469. The minimum atomic E-state index is -2.37. The van der Waals surface area contributed by atoms with Gasteiger partial charge in [0.25, 0.3) is 6.43 Å². The van der Waals surface area contributed by atoms with Gasteiger partial charge in [-0.05, 0) is 69.5 Å². The molecule has 1 amide bonds. The SMILES string of the molecule is C=CC(=O)N1CCN(c2nc(=O)n3c4c(c(-c5ccc(F)cc5F)c(Cl)cc24)SC[C@@H]3CC2CCN(CC(F)F)CC2)[C@@H](C)C1.S. The monoisotopic (exact) mass is 697 g/mol. The van der Waals surface area contributed by atoms with Crippen molar-refractivity contribution in [3.05, 3.63) is 64.1 Å². The lowest BCUT2D eigenvalue weighted by Gasteiger charge is -2.41. The maximum atomic E-state index is 15.2. The van der Waals surface area contributed by atoms with Crippen molar-refractivity contribution in [3.63, 3.8) is 0 Å². The molecule has 3 aromatic rings. The Morgan fingerprint density at radius 3 is 2.57 bits per heavy atom. The van der Waals surface area contributed by atoms with E-state index in [1.165, 1.54) is 30.0 Å². The third kappa shape index (κ3) is 6.65. The third-order valence-corrected chi connectivity index (χ3v) is 10.7. The van der Waals surface area contributed by atoms with E-state index >= 15 is 4.39 Å². The van der Waals surface area contributed by atoms with Crippen molar-refractivity contribution >= 4 is 59.5 Å². The van der Waals surface area contributed by atoms with E-state index in [1.807, 2.05) is 11.8 Å². The van der Waals surface area contributed by atoms with Gasteiger partial charge in [-0.3, -0.25) is 14.3 Å². The molecule has 2 fully saturated rings. The van der Waals surface area contributed by atoms with E-state index in [-0.39, 0.29) is 54.5 Å². The molecule has 1 aromatic heterocycles. The number of rotatable bonds is 7. The van der Waals surface area contributed by atoms with Crippen molar-refractivity contribution < 1.29 is 22.4 Å². The molecule has 4 heterocycles. The first-order chi connectivity index (χ1) is 21.5. The number of hydrogen-bond donors (Lipinski definition) is 0. The van der Waals surface area contributed by atoms with Crippen molar-refractivity contribution in [2.75, 3.05) is 49.9 Å². The molecule has 0 spiro atoms. The van der Waals surface area contributed by atoms with Crippen LogP contribution in [0.2, 0.25) is 5.02 Å². The van der Waals surface area contributed by atoms with Crippen LogP contribution in [0.1, 0.15) is 32.2 Å². The summed E-state index contributed by atoms with van der Waals surface area (Å²) in [6.45, 7) is 7.73. The quantitative estimate of drug-likeness (QED) is 0.212. The van der Waals surface area contributed by atoms with Crippen LogP contribution in [-0.2, 0) is 4.79 Å². The molecule has 2 aromatic carbocycles. The highest BCUT2D eigenvalue weighted by molar-refractivity contribution is 7.99. The number of likely N-dealkylation sites (tertiary alicyclic amines) is 1. The first kappa shape index (κ1) is 34.6. The van der Waals surface area contributed by atoms with Crippen LogP contribution in [-0.4, -0.2) is 82.7 Å². The van der Waals surface area contributed by atoms with Crippen molar-refractivity contribution in [3.8, 4) is 11.1 Å². The molecule has 248 valence electrons. The standard InChI is InChI=1S/C32H34ClF4N5O2S.H2S/c1-3-27(43)40-10-11-41(18(2)15-40)31-23-14-24(33)28(22-5-4-20(34)13-25(22)35)30-29(23)42(32(44)38-31)21(17-45-30)12-19-6-8-39(9-7-19)16-26(36)37;/h3-5,13-14,18-19,21,26H,1,6-12,15-17H2,2H3;1H2/t18-,21-;/m0./s1. The van der Waals surface area contributed by atoms with Crippen LogP contribution >= 0.6 is 36.9 Å². The van der Waals surface area contributed by atoms with Gasteiger partial charge < -0.3 is 9.80 Å². The van der Waals surface area contributed by atoms with Gasteiger partial charge in [0.2, 0.25) is 5.91 Å². The summed E-state index contributed by atoms with van der Waals surface area (Å²) in [5.41, 5.74) is 0.688. The lowest BCUT2D eigenvalue weighted by molar-refractivity contribution is -0.126. The van der Waals surface area contributed by atoms with E-state index in [9.17, 15) is 22.8 Å². The molecule has 3 aliphatic rings. The lowest BCUT2D eigenvalue weighted by Crippen LogP contribution is -2.54. The van der Waals surface area contributed by atoms with Crippen LogP contribution in [0.5, 0.6) is 0 Å². The average molecular weight is 698 g/mol. The minimum Gasteiger partial charge on any atom is -0.350 e. The summed E-state index contributed by atoms with van der Waals surface area (Å²) in [4.78, 5) is 37.0. The Kier molecular flexibility index (Phi) is 10.7. The highest BCUT2D eigenvalue weighted by Crippen LogP contribution is 2.49. The number of hydrogen-bond acceptors (Lipinski definition) is 6. The van der Waals surface area contributed by atoms with Gasteiger partial charge in [0, 0.05) is 64.9 Å². The summed E-state index contributed by atoms with van der Waals surface area (Å²) in [7, 11) is 0. The van der Waals surface area contributed by atoms with Crippen molar-refractivity contribution in [1.82, 2.24) is 19.4 Å². The number of piperidine rings is 1. The Morgan fingerprint density at radius 2 is 1.91 bits per heavy atom. The fourth-order valence-corrected chi connectivity index (χ4v) is 8.70. The van der Waals surface area contributed by atoms with Gasteiger partial charge in [-0.25, -0.2) is 22.4 Å². The third-order valence-electron chi connectivity index (χ3n) is 9.18. The number of aromatic nitrogens is 2. The minimum absolute atomic E-state index is 0. The molecule has 0 saturated carbocycles. The number of halogens is 5. The first-order valence-corrected chi connectivity index (χ1v) is 16.5. The Bertz CT molecular complexity index is 1700. The van der Waals surface area contributed by atoms with E-state index in [0.717, 1.165) is 18.9 Å². The number of alkyl halides is 2. The van der Waals surface area contributed by atoms with Gasteiger partial charge in [-0.1, -0.05) is 18.2 Å². The van der Waals surface area contributed by atoms with Crippen LogP contribution < -0.4 is 10.6 Å². The molecule has 46 heavy (non-hydrogen) atoms. The zero-order chi connectivity index (χ0) is 32.0. The Labute approximate surface area is 281 Å². The second-order valence-electron chi connectivity index (χ2n) is 12.0. The number of amides is 1. The summed E-state index contributed by atoms with van der Waals surface area (Å²) in [6, 6.07) is 4.66. The number of nitrogens with zero attached hydrogens (tertiary/aromatic N) is 5. The molecule has 14 heteroatoms. The second-order valence-corrected chi connectivity index (χ2v) is 13.5. The van der Waals surface area contributed by atoms with Crippen LogP contribution in [0.15, 0.2) is 46.6 Å². The Balaban J connectivity index is 0.00000417. The topological polar surface area (TPSA) is 61.7 Å². The second kappa shape index (κ2) is 14.2. The summed E-state index contributed by atoms with van der Waals surface area (Å²) in [6.07, 6.45) is 1.09. The first-order valence-electron chi connectivity index (χ1n) is 15.1. The van der Waals surface area contributed by atoms with Gasteiger partial charge in [0.1, 0.15) is 17.5 Å². The predicted molar refractivity (Wildman–Crippen MR) is 180 cm³/mol. The van der Waals surface area contributed by atoms with Gasteiger partial charge in [0.15, 0.2) is 0 Å². The Hall–Kier alpha value is -2.74. The molecular weight excluding hydrogens is 662 g/mol. The average Bonchev–Trinajstić information content (AvgIpc) is 3.00. The molecule has 0 radical (unpaired) electrons. The summed E-state index contributed by atoms with van der Waals surface area (Å²) < 4.78 is 56.6. The van der Waals surface area contributed by atoms with Crippen LogP contribution in [0.4, 0.5) is 23.4 Å². The molecule has 0 N–H and O–H groups in total. The molecule has 6 rings (SSSR count). The zero-order valence-electron chi connectivity index (χ0n) is 25.3. The molecule has 0 unspecified atom stereocenters. The van der Waals surface area contributed by atoms with E-state index < -0.39 is 23.7 Å². The predicted octanol–water partition coefficient (Wildman–Crippen LogP) is 6.35. The van der Waals surface area contributed by atoms with E-state index in [2.05, 4.69) is 11.6 Å². The molecule has 0 bridgehead atoms. The van der Waals surface area contributed by atoms with Gasteiger partial charge in [0.05, 0.1) is 17.1 Å². The number of carbonyl (C=O) groups is 1. The van der Waals surface area contributed by atoms with Crippen LogP contribution in [0.3, 0.4) is 0 Å². The van der Waals surface area contributed by atoms with Crippen molar-refractivity contribution in [2.24, 2.45) is 5.92 Å². The van der Waals surface area contributed by atoms with Crippen LogP contribution in [0, 0.1) is 17.6 Å². The van der Waals surface area contributed by atoms with Gasteiger partial charge in [-0.2, -0.15) is 18.5 Å². The molecule has 2 saturated heterocycles. The molecular formula is C32H36ClF4N5O2S2. The number of thioether (sulfide) groups is 1. The summed E-state index contributed by atoms with van der Waals surface area (Å²) in [5, 5.41) is 0.891. The molecule has 2 atom stereocenters. The Morgan fingerprint density at radius 1 is 1.17 bits per heavy atom. The van der Waals surface area contributed by atoms with Gasteiger partial charge in [-0.15, -0.1) is 11.8 Å². The lowest BCUT2D eigenvalue weighted by atomic mass is 9.90. The maximum absolute atomic E-state index is 15.2. The van der Waals surface area contributed by atoms with E-state index in [4.69, 9.17) is 11.6 Å². The highest BCUT2D eigenvalue weighted by Gasteiger charge is 2.35. The van der Waals surface area contributed by atoms with Crippen molar-refractivity contribution in [2.45, 2.75) is 49.6 Å². The number of anilines is 1. The summed E-state index contributed by atoms with van der Waals surface area (Å²) in [5.74, 6) is -0.439. The zero-order valence-corrected chi connectivity index (χ0v) is 27.9. The maximum Gasteiger partial charge on any atom is 0.350 e. The van der Waals surface area contributed by atoms with E-state index in [0.29, 0.717) is 72.1 Å². The number of carbonyl (C=O) groups excluding carboxylic acids is 1. The molecule has 0 aliphatic carbocycles.